The molecule has 0 bridgehead atoms. The van der Waals surface area contributed by atoms with E-state index in [0.29, 0.717) is 34.6 Å². The molecule has 2 aromatic carbocycles. The van der Waals surface area contributed by atoms with Gasteiger partial charge in [-0.1, -0.05) is 12.1 Å². The Morgan fingerprint density at radius 1 is 1.27 bits per heavy atom. The second-order valence-corrected chi connectivity index (χ2v) is 6.66. The molecule has 0 saturated carbocycles. The molecule has 1 aliphatic heterocycles. The van der Waals surface area contributed by atoms with E-state index in [1.807, 2.05) is 24.3 Å². The highest BCUT2D eigenvalue weighted by atomic mass is 79.9. The maximum atomic E-state index is 12.2. The zero-order valence-corrected chi connectivity index (χ0v) is 15.9. The predicted octanol–water partition coefficient (Wildman–Crippen LogP) is 3.60. The van der Waals surface area contributed by atoms with Gasteiger partial charge in [0.05, 0.1) is 11.6 Å². The van der Waals surface area contributed by atoms with Gasteiger partial charge >= 0.3 is 0 Å². The Balaban J connectivity index is 1.63. The molecule has 136 valence electrons. The van der Waals surface area contributed by atoms with Crippen molar-refractivity contribution >= 4 is 39.1 Å². The molecule has 0 spiro atoms. The minimum absolute atomic E-state index is 0.109. The van der Waals surface area contributed by atoms with Crippen LogP contribution in [0.2, 0.25) is 0 Å². The maximum Gasteiger partial charge on any atom is 0.262 e. The van der Waals surface area contributed by atoms with Crippen LogP contribution < -0.4 is 19.7 Å². The third kappa shape index (κ3) is 4.16. The van der Waals surface area contributed by atoms with Crippen LogP contribution in [-0.4, -0.2) is 32.1 Å². The molecule has 1 fully saturated rings. The third-order valence-corrected chi connectivity index (χ3v) is 4.64. The Morgan fingerprint density at radius 3 is 2.81 bits per heavy atom. The van der Waals surface area contributed by atoms with Gasteiger partial charge in [0.15, 0.2) is 18.1 Å². The average Bonchev–Trinajstić information content (AvgIpc) is 3.06. The Morgan fingerprint density at radius 2 is 2.08 bits per heavy atom. The van der Waals surface area contributed by atoms with Gasteiger partial charge in [-0.05, 0) is 52.7 Å². The standard InChI is InChI=1S/C19H19BrN2O4/c1-25-16-8-3-7-15(20)19(16)26-12-17(23)21-13-5-2-6-14(11-13)22-10-4-9-18(22)24/h2-3,5-8,11H,4,9-10,12H2,1H3,(H,21,23). The Kier molecular flexibility index (Phi) is 5.78. The number of rotatable bonds is 6. The second kappa shape index (κ2) is 8.23. The molecule has 3 rings (SSSR count). The Bertz CT molecular complexity index is 825. The summed E-state index contributed by atoms with van der Waals surface area (Å²) in [5.74, 6) is 0.828. The van der Waals surface area contributed by atoms with E-state index in [4.69, 9.17) is 9.47 Å². The van der Waals surface area contributed by atoms with Crippen molar-refractivity contribution in [3.8, 4) is 11.5 Å². The lowest BCUT2D eigenvalue weighted by molar-refractivity contribution is -0.118. The summed E-state index contributed by atoms with van der Waals surface area (Å²) in [7, 11) is 1.54. The number of para-hydroxylation sites is 1. The highest BCUT2D eigenvalue weighted by Gasteiger charge is 2.21. The summed E-state index contributed by atoms with van der Waals surface area (Å²) < 4.78 is 11.5. The Labute approximate surface area is 160 Å². The van der Waals surface area contributed by atoms with Gasteiger partial charge in [-0.25, -0.2) is 0 Å². The van der Waals surface area contributed by atoms with Gasteiger partial charge in [0.1, 0.15) is 0 Å². The molecule has 1 saturated heterocycles. The van der Waals surface area contributed by atoms with Crippen LogP contribution in [0.3, 0.4) is 0 Å². The van der Waals surface area contributed by atoms with Gasteiger partial charge in [0.25, 0.3) is 5.91 Å². The van der Waals surface area contributed by atoms with Gasteiger partial charge in [-0.15, -0.1) is 0 Å². The first kappa shape index (κ1) is 18.3. The first-order chi connectivity index (χ1) is 12.6. The van der Waals surface area contributed by atoms with Crippen LogP contribution in [0, 0.1) is 0 Å². The lowest BCUT2D eigenvalue weighted by Crippen LogP contribution is -2.24. The number of benzene rings is 2. The number of nitrogens with zero attached hydrogens (tertiary/aromatic N) is 1. The molecule has 0 unspecified atom stereocenters. The SMILES string of the molecule is COc1cccc(Br)c1OCC(=O)Nc1cccc(N2CCCC2=O)c1. The van der Waals surface area contributed by atoms with E-state index < -0.39 is 0 Å². The van der Waals surface area contributed by atoms with Gasteiger partial charge in [0.2, 0.25) is 5.91 Å². The fourth-order valence-corrected chi connectivity index (χ4v) is 3.26. The first-order valence-electron chi connectivity index (χ1n) is 8.24. The number of hydrogen-bond donors (Lipinski definition) is 1. The number of ether oxygens (including phenoxy) is 2. The van der Waals surface area contributed by atoms with Gasteiger partial charge in [-0.3, -0.25) is 9.59 Å². The number of carbonyl (C=O) groups excluding carboxylic acids is 2. The molecule has 0 radical (unpaired) electrons. The van der Waals surface area contributed by atoms with Crippen molar-refractivity contribution in [3.63, 3.8) is 0 Å². The van der Waals surface area contributed by atoms with E-state index in [1.54, 1.807) is 30.2 Å². The summed E-state index contributed by atoms with van der Waals surface area (Å²) in [5.41, 5.74) is 1.41. The second-order valence-electron chi connectivity index (χ2n) is 5.81. The van der Waals surface area contributed by atoms with E-state index in [-0.39, 0.29) is 18.4 Å². The quantitative estimate of drug-likeness (QED) is 0.777. The number of anilines is 2. The van der Waals surface area contributed by atoms with Crippen LogP contribution >= 0.6 is 15.9 Å². The largest absolute Gasteiger partial charge is 0.493 e. The van der Waals surface area contributed by atoms with Crippen LogP contribution in [0.5, 0.6) is 11.5 Å². The van der Waals surface area contributed by atoms with Crippen molar-refractivity contribution < 1.29 is 19.1 Å². The molecule has 2 aromatic rings. The molecule has 1 aliphatic rings. The van der Waals surface area contributed by atoms with E-state index in [0.717, 1.165) is 12.1 Å². The summed E-state index contributed by atoms with van der Waals surface area (Å²) in [6, 6.07) is 12.6. The van der Waals surface area contributed by atoms with Gasteiger partial charge in [-0.2, -0.15) is 0 Å². The minimum atomic E-state index is -0.298. The fraction of sp³-hybridized carbons (Fsp3) is 0.263. The van der Waals surface area contributed by atoms with Crippen LogP contribution in [0.1, 0.15) is 12.8 Å². The topological polar surface area (TPSA) is 67.9 Å². The van der Waals surface area contributed by atoms with E-state index in [2.05, 4.69) is 21.2 Å². The molecule has 2 amide bonds. The summed E-state index contributed by atoms with van der Waals surface area (Å²) >= 11 is 3.38. The summed E-state index contributed by atoms with van der Waals surface area (Å²) in [4.78, 5) is 25.8. The predicted molar refractivity (Wildman–Crippen MR) is 103 cm³/mol. The lowest BCUT2D eigenvalue weighted by Gasteiger charge is -2.17. The number of methoxy groups -OCH3 is 1. The highest BCUT2D eigenvalue weighted by molar-refractivity contribution is 9.10. The molecule has 1 heterocycles. The van der Waals surface area contributed by atoms with Crippen LogP contribution in [0.4, 0.5) is 11.4 Å². The smallest absolute Gasteiger partial charge is 0.262 e. The van der Waals surface area contributed by atoms with Crippen molar-refractivity contribution in [1.29, 1.82) is 0 Å². The highest BCUT2D eigenvalue weighted by Crippen LogP contribution is 2.34. The molecule has 0 atom stereocenters. The number of amides is 2. The Hall–Kier alpha value is -2.54. The van der Waals surface area contributed by atoms with E-state index in [1.165, 1.54) is 0 Å². The fourth-order valence-electron chi connectivity index (χ4n) is 2.80. The maximum absolute atomic E-state index is 12.2. The lowest BCUT2D eigenvalue weighted by atomic mass is 10.2. The van der Waals surface area contributed by atoms with Crippen molar-refractivity contribution in [1.82, 2.24) is 0 Å². The number of carbonyl (C=O) groups is 2. The number of nitrogens with one attached hydrogen (secondary N) is 1. The zero-order valence-electron chi connectivity index (χ0n) is 14.3. The molecule has 0 aliphatic carbocycles. The van der Waals surface area contributed by atoms with Crippen molar-refractivity contribution in [2.24, 2.45) is 0 Å². The van der Waals surface area contributed by atoms with Crippen LogP contribution in [-0.2, 0) is 9.59 Å². The van der Waals surface area contributed by atoms with Crippen molar-refractivity contribution in [3.05, 3.63) is 46.9 Å². The van der Waals surface area contributed by atoms with Crippen LogP contribution in [0.25, 0.3) is 0 Å². The van der Waals surface area contributed by atoms with Crippen LogP contribution in [0.15, 0.2) is 46.9 Å². The minimum Gasteiger partial charge on any atom is -0.493 e. The normalized spacial score (nSPS) is 13.6. The van der Waals surface area contributed by atoms with Crippen molar-refractivity contribution in [2.45, 2.75) is 12.8 Å². The molecular weight excluding hydrogens is 400 g/mol. The first-order valence-corrected chi connectivity index (χ1v) is 9.03. The summed E-state index contributed by atoms with van der Waals surface area (Å²) in [5, 5.41) is 2.79. The van der Waals surface area contributed by atoms with Crippen molar-refractivity contribution in [2.75, 3.05) is 30.5 Å². The molecule has 0 aromatic heterocycles. The number of halogens is 1. The molecule has 7 heteroatoms. The molecular formula is C19H19BrN2O4. The summed E-state index contributed by atoms with van der Waals surface area (Å²) in [6.07, 6.45) is 1.43. The van der Waals surface area contributed by atoms with E-state index >= 15 is 0 Å². The van der Waals surface area contributed by atoms with E-state index in [9.17, 15) is 9.59 Å². The monoisotopic (exact) mass is 418 g/mol. The number of hydrogen-bond acceptors (Lipinski definition) is 4. The van der Waals surface area contributed by atoms with Gasteiger partial charge < -0.3 is 19.7 Å². The zero-order chi connectivity index (χ0) is 18.5. The molecule has 6 nitrogen and oxygen atoms in total. The third-order valence-electron chi connectivity index (χ3n) is 4.01. The summed E-state index contributed by atoms with van der Waals surface area (Å²) in [6.45, 7) is 0.549. The molecule has 1 N–H and O–H groups in total. The molecule has 26 heavy (non-hydrogen) atoms. The average molecular weight is 419 g/mol. The van der Waals surface area contributed by atoms with Gasteiger partial charge in [0, 0.05) is 24.3 Å².